The number of halogens is 1. The predicted molar refractivity (Wildman–Crippen MR) is 68.0 cm³/mol. The molecule has 0 saturated carbocycles. The Labute approximate surface area is 106 Å². The van der Waals surface area contributed by atoms with E-state index in [0.717, 1.165) is 25.9 Å². The molecule has 1 aromatic rings. The molecular formula is C12H16ClN3O. The van der Waals surface area contributed by atoms with Gasteiger partial charge in [-0.05, 0) is 18.9 Å². The molecule has 4 nitrogen and oxygen atoms in total. The molecule has 0 unspecified atom stereocenters. The first-order valence-electron chi connectivity index (χ1n) is 5.89. The first-order chi connectivity index (χ1) is 8.18. The number of carbonyl (C=O) groups excluding carboxylic acids is 1. The van der Waals surface area contributed by atoms with Crippen molar-refractivity contribution in [3.05, 3.63) is 23.0 Å². The van der Waals surface area contributed by atoms with Crippen molar-refractivity contribution in [3.63, 3.8) is 0 Å². The molecule has 17 heavy (non-hydrogen) atoms. The quantitative estimate of drug-likeness (QED) is 0.782. The molecule has 0 radical (unpaired) electrons. The molecule has 2 N–H and O–H groups in total. The number of rotatable bonds is 1. The number of likely N-dealkylation sites (tertiary alicyclic amines) is 1. The standard InChI is InChI=1S/C12H16ClN3O/c13-11-7-9(10(14)8-15-11)12(17)16-5-3-1-2-4-6-16/h7-8H,1-6,14H2. The van der Waals surface area contributed by atoms with Gasteiger partial charge in [0, 0.05) is 13.1 Å². The second-order valence-corrected chi connectivity index (χ2v) is 4.69. The van der Waals surface area contributed by atoms with Gasteiger partial charge in [0.25, 0.3) is 5.91 Å². The maximum atomic E-state index is 12.3. The Kier molecular flexibility index (Phi) is 3.84. The number of pyridine rings is 1. The number of aromatic nitrogens is 1. The van der Waals surface area contributed by atoms with Gasteiger partial charge in [-0.2, -0.15) is 0 Å². The molecular weight excluding hydrogens is 238 g/mol. The second kappa shape index (κ2) is 5.36. The fourth-order valence-electron chi connectivity index (χ4n) is 2.07. The molecule has 0 aliphatic carbocycles. The zero-order valence-electron chi connectivity index (χ0n) is 9.66. The van der Waals surface area contributed by atoms with Crippen LogP contribution in [0, 0.1) is 0 Å². The molecule has 2 heterocycles. The maximum Gasteiger partial charge on any atom is 0.256 e. The molecule has 2 rings (SSSR count). The van der Waals surface area contributed by atoms with Crippen LogP contribution >= 0.6 is 11.6 Å². The molecule has 1 amide bonds. The number of hydrogen-bond donors (Lipinski definition) is 1. The van der Waals surface area contributed by atoms with Gasteiger partial charge in [0.1, 0.15) is 5.15 Å². The normalized spacial score (nSPS) is 16.6. The van der Waals surface area contributed by atoms with E-state index in [9.17, 15) is 4.79 Å². The largest absolute Gasteiger partial charge is 0.397 e. The van der Waals surface area contributed by atoms with Crippen molar-refractivity contribution in [1.29, 1.82) is 0 Å². The smallest absolute Gasteiger partial charge is 0.256 e. The third-order valence-electron chi connectivity index (χ3n) is 3.03. The molecule has 1 aromatic heterocycles. The van der Waals surface area contributed by atoms with Gasteiger partial charge >= 0.3 is 0 Å². The van der Waals surface area contributed by atoms with E-state index in [0.29, 0.717) is 16.4 Å². The monoisotopic (exact) mass is 253 g/mol. The Morgan fingerprint density at radius 1 is 1.29 bits per heavy atom. The van der Waals surface area contributed by atoms with Crippen LogP contribution in [0.4, 0.5) is 5.69 Å². The topological polar surface area (TPSA) is 59.2 Å². The summed E-state index contributed by atoms with van der Waals surface area (Å²) in [5.41, 5.74) is 6.62. The molecule has 1 fully saturated rings. The summed E-state index contributed by atoms with van der Waals surface area (Å²) in [5.74, 6) is -0.0336. The Hall–Kier alpha value is -1.29. The highest BCUT2D eigenvalue weighted by atomic mass is 35.5. The van der Waals surface area contributed by atoms with Crippen molar-refractivity contribution < 1.29 is 4.79 Å². The van der Waals surface area contributed by atoms with E-state index in [1.54, 1.807) is 6.07 Å². The van der Waals surface area contributed by atoms with Crippen LogP contribution in [0.2, 0.25) is 5.15 Å². The summed E-state index contributed by atoms with van der Waals surface area (Å²) >= 11 is 5.79. The molecule has 5 heteroatoms. The average molecular weight is 254 g/mol. The number of nitrogen functional groups attached to an aromatic ring is 1. The van der Waals surface area contributed by atoms with Crippen LogP contribution in [0.1, 0.15) is 36.0 Å². The first kappa shape index (κ1) is 12.2. The predicted octanol–water partition coefficient (Wildman–Crippen LogP) is 2.33. The van der Waals surface area contributed by atoms with Gasteiger partial charge in [0.05, 0.1) is 17.4 Å². The van der Waals surface area contributed by atoms with Crippen molar-refractivity contribution in [3.8, 4) is 0 Å². The molecule has 1 saturated heterocycles. The number of hydrogen-bond acceptors (Lipinski definition) is 3. The highest BCUT2D eigenvalue weighted by molar-refractivity contribution is 6.29. The fourth-order valence-corrected chi connectivity index (χ4v) is 2.23. The summed E-state index contributed by atoms with van der Waals surface area (Å²) in [4.78, 5) is 18.0. The van der Waals surface area contributed by atoms with E-state index < -0.39 is 0 Å². The summed E-state index contributed by atoms with van der Waals surface area (Å²) in [6.07, 6.45) is 5.94. The second-order valence-electron chi connectivity index (χ2n) is 4.30. The zero-order chi connectivity index (χ0) is 12.3. The van der Waals surface area contributed by atoms with E-state index in [4.69, 9.17) is 17.3 Å². The maximum absolute atomic E-state index is 12.3. The van der Waals surface area contributed by atoms with E-state index in [2.05, 4.69) is 4.98 Å². The van der Waals surface area contributed by atoms with Gasteiger partial charge in [-0.25, -0.2) is 4.98 Å². The van der Waals surface area contributed by atoms with Gasteiger partial charge < -0.3 is 10.6 Å². The number of carbonyl (C=O) groups is 1. The minimum absolute atomic E-state index is 0.0336. The molecule has 1 aliphatic heterocycles. The lowest BCUT2D eigenvalue weighted by Crippen LogP contribution is -2.32. The minimum atomic E-state index is -0.0336. The molecule has 0 atom stereocenters. The lowest BCUT2D eigenvalue weighted by atomic mass is 10.2. The van der Waals surface area contributed by atoms with Crippen LogP contribution < -0.4 is 5.73 Å². The lowest BCUT2D eigenvalue weighted by Gasteiger charge is -2.21. The van der Waals surface area contributed by atoms with Crippen LogP contribution in [0.3, 0.4) is 0 Å². The van der Waals surface area contributed by atoms with Crippen LogP contribution in [0.15, 0.2) is 12.3 Å². The lowest BCUT2D eigenvalue weighted by molar-refractivity contribution is 0.0762. The van der Waals surface area contributed by atoms with Crippen molar-refractivity contribution in [2.75, 3.05) is 18.8 Å². The summed E-state index contributed by atoms with van der Waals surface area (Å²) in [5, 5.41) is 0.303. The van der Waals surface area contributed by atoms with Gasteiger partial charge in [0.15, 0.2) is 0 Å². The van der Waals surface area contributed by atoms with Crippen LogP contribution in [0.25, 0.3) is 0 Å². The van der Waals surface area contributed by atoms with Gasteiger partial charge in [-0.3, -0.25) is 4.79 Å². The fraction of sp³-hybridized carbons (Fsp3) is 0.500. The number of nitrogens with zero attached hydrogens (tertiary/aromatic N) is 2. The van der Waals surface area contributed by atoms with Gasteiger partial charge in [-0.15, -0.1) is 0 Å². The van der Waals surface area contributed by atoms with E-state index in [-0.39, 0.29) is 5.91 Å². The molecule has 1 aliphatic rings. The van der Waals surface area contributed by atoms with Crippen LogP contribution in [0.5, 0.6) is 0 Å². The molecule has 0 aromatic carbocycles. The molecule has 0 spiro atoms. The summed E-state index contributed by atoms with van der Waals surface area (Å²) in [6.45, 7) is 1.61. The Balaban J connectivity index is 2.20. The third kappa shape index (κ3) is 2.88. The van der Waals surface area contributed by atoms with Crippen LogP contribution in [-0.4, -0.2) is 28.9 Å². The summed E-state index contributed by atoms with van der Waals surface area (Å²) in [6, 6.07) is 1.55. The van der Waals surface area contributed by atoms with Gasteiger partial charge in [-0.1, -0.05) is 24.4 Å². The SMILES string of the molecule is Nc1cnc(Cl)cc1C(=O)N1CCCCCC1. The zero-order valence-corrected chi connectivity index (χ0v) is 10.4. The Morgan fingerprint density at radius 3 is 2.59 bits per heavy atom. The third-order valence-corrected chi connectivity index (χ3v) is 3.23. The summed E-state index contributed by atoms with van der Waals surface area (Å²) in [7, 11) is 0. The molecule has 92 valence electrons. The highest BCUT2D eigenvalue weighted by Crippen LogP contribution is 2.19. The number of anilines is 1. The minimum Gasteiger partial charge on any atom is -0.397 e. The summed E-state index contributed by atoms with van der Waals surface area (Å²) < 4.78 is 0. The van der Waals surface area contributed by atoms with Crippen molar-refractivity contribution in [2.24, 2.45) is 0 Å². The van der Waals surface area contributed by atoms with Crippen molar-refractivity contribution >= 4 is 23.2 Å². The van der Waals surface area contributed by atoms with E-state index in [1.807, 2.05) is 4.90 Å². The van der Waals surface area contributed by atoms with E-state index in [1.165, 1.54) is 19.0 Å². The molecule has 0 bridgehead atoms. The first-order valence-corrected chi connectivity index (χ1v) is 6.26. The number of nitrogens with two attached hydrogens (primary N) is 1. The van der Waals surface area contributed by atoms with Crippen molar-refractivity contribution in [1.82, 2.24) is 9.88 Å². The van der Waals surface area contributed by atoms with Gasteiger partial charge in [0.2, 0.25) is 0 Å². The number of amides is 1. The Morgan fingerprint density at radius 2 is 1.94 bits per heavy atom. The highest BCUT2D eigenvalue weighted by Gasteiger charge is 2.19. The van der Waals surface area contributed by atoms with Crippen molar-refractivity contribution in [2.45, 2.75) is 25.7 Å². The van der Waals surface area contributed by atoms with Crippen LogP contribution in [-0.2, 0) is 0 Å². The average Bonchev–Trinajstić information content (AvgIpc) is 2.60. The van der Waals surface area contributed by atoms with E-state index >= 15 is 0 Å². The Bertz CT molecular complexity index is 414.